The number of likely N-dealkylation sites (N-methyl/N-ethyl adjacent to an activating group) is 1. The van der Waals surface area contributed by atoms with E-state index in [-0.39, 0.29) is 10.6 Å². The highest BCUT2D eigenvalue weighted by molar-refractivity contribution is 7.98. The number of halogens is 1. The molecular weight excluding hydrogens is 455 g/mol. The number of para-hydroxylation sites is 1. The van der Waals surface area contributed by atoms with Crippen molar-refractivity contribution in [3.8, 4) is 5.75 Å². The van der Waals surface area contributed by atoms with E-state index in [1.807, 2.05) is 35.2 Å². The van der Waals surface area contributed by atoms with Gasteiger partial charge in [-0.05, 0) is 43.7 Å². The van der Waals surface area contributed by atoms with Crippen molar-refractivity contribution >= 4 is 39.1 Å². The fourth-order valence-electron chi connectivity index (χ4n) is 4.14. The summed E-state index contributed by atoms with van der Waals surface area (Å²) in [6.45, 7) is 0.501. The highest BCUT2D eigenvalue weighted by Gasteiger charge is 2.51. The Morgan fingerprint density at radius 3 is 2.50 bits per heavy atom. The number of aliphatic carboxylic acids is 1. The average molecular weight is 479 g/mol. The van der Waals surface area contributed by atoms with E-state index in [9.17, 15) is 17.6 Å². The fourth-order valence-corrected chi connectivity index (χ4v) is 6.42. The number of carboxylic acids is 1. The quantitative estimate of drug-likeness (QED) is 0.388. The number of ether oxygens (including phenoxy) is 1. The number of fused-ring (bicyclic) bond motifs is 1. The normalized spacial score (nSPS) is 19.7. The van der Waals surface area contributed by atoms with Gasteiger partial charge in [0.1, 0.15) is 16.9 Å². The molecule has 4 rings (SSSR count). The number of benzene rings is 2. The highest BCUT2D eigenvalue weighted by atomic mass is 32.2. The van der Waals surface area contributed by atoms with E-state index in [0.717, 1.165) is 24.9 Å². The maximum atomic E-state index is 13.7. The predicted molar refractivity (Wildman–Crippen MR) is 121 cm³/mol. The van der Waals surface area contributed by atoms with Crippen molar-refractivity contribution < 1.29 is 27.4 Å². The van der Waals surface area contributed by atoms with Crippen LogP contribution < -0.4 is 9.64 Å². The topological polar surface area (TPSA) is 87.1 Å². The van der Waals surface area contributed by atoms with Crippen molar-refractivity contribution in [2.75, 3.05) is 24.7 Å². The Kier molecular flexibility index (Phi) is 5.95. The minimum Gasteiger partial charge on any atom is -0.476 e. The number of thioether (sulfide) groups is 1. The molecule has 7 nitrogen and oxygen atoms in total. The van der Waals surface area contributed by atoms with Gasteiger partial charge in [-0.25, -0.2) is 13.2 Å². The number of rotatable bonds is 5. The minimum atomic E-state index is -3.90. The van der Waals surface area contributed by atoms with Gasteiger partial charge in [0.05, 0.1) is 16.1 Å². The Hall–Kier alpha value is -2.56. The van der Waals surface area contributed by atoms with Gasteiger partial charge >= 0.3 is 5.97 Å². The van der Waals surface area contributed by atoms with E-state index in [4.69, 9.17) is 9.84 Å². The molecule has 2 aromatic rings. The van der Waals surface area contributed by atoms with Crippen molar-refractivity contribution in [3.05, 3.63) is 54.6 Å². The lowest BCUT2D eigenvalue weighted by molar-refractivity contribution is -0.134. The molecule has 1 heterocycles. The summed E-state index contributed by atoms with van der Waals surface area (Å²) in [5, 5.41) is 8.75. The SMILES string of the molecule is CSc1cc2c(cc1O/C=C(\F)C(=O)O)S(=O)(=O)N(C)C1(CCC1)CN2c1ccccc1. The van der Waals surface area contributed by atoms with Gasteiger partial charge in [0.25, 0.3) is 0 Å². The van der Waals surface area contributed by atoms with Crippen molar-refractivity contribution in [2.45, 2.75) is 34.6 Å². The monoisotopic (exact) mass is 478 g/mol. The number of carbonyl (C=O) groups is 1. The molecular formula is C22H23FN2O5S2. The Labute approximate surface area is 190 Å². The summed E-state index contributed by atoms with van der Waals surface area (Å²) in [6.07, 6.45) is 4.71. The molecule has 1 fully saturated rings. The van der Waals surface area contributed by atoms with Crippen molar-refractivity contribution in [2.24, 2.45) is 0 Å². The van der Waals surface area contributed by atoms with Crippen LogP contribution in [0.25, 0.3) is 0 Å². The molecule has 1 aliphatic heterocycles. The molecule has 170 valence electrons. The first-order valence-electron chi connectivity index (χ1n) is 9.99. The first kappa shape index (κ1) is 22.6. The molecule has 1 aliphatic carbocycles. The Balaban J connectivity index is 1.92. The van der Waals surface area contributed by atoms with Crippen LogP contribution in [0.3, 0.4) is 0 Å². The number of carboxylic acid groups (broad SMARTS) is 1. The van der Waals surface area contributed by atoms with Crippen molar-refractivity contribution in [3.63, 3.8) is 0 Å². The smallest absolute Gasteiger partial charge is 0.368 e. The van der Waals surface area contributed by atoms with Gasteiger partial charge < -0.3 is 14.7 Å². The summed E-state index contributed by atoms with van der Waals surface area (Å²) in [7, 11) is -2.30. The first-order valence-corrected chi connectivity index (χ1v) is 12.7. The standard InChI is InChI=1S/C22H23FN2O5S2/c1-24-22(9-6-10-22)14-25(15-7-4-3-5-8-15)17-11-19(31-2)18(12-20(17)32(24,28)29)30-13-16(23)21(26)27/h3-5,7-8,11-13H,6,9-10,14H2,1-2H3,(H,26,27)/b16-13-. The second-order valence-corrected chi connectivity index (χ2v) is 10.6. The molecule has 1 spiro atoms. The number of hydrogen-bond donors (Lipinski definition) is 1. The molecule has 2 aliphatic rings. The second-order valence-electron chi connectivity index (χ2n) is 7.83. The van der Waals surface area contributed by atoms with E-state index in [1.54, 1.807) is 19.4 Å². The Morgan fingerprint density at radius 1 is 1.25 bits per heavy atom. The number of sulfonamides is 1. The van der Waals surface area contributed by atoms with E-state index < -0.39 is 27.4 Å². The molecule has 0 radical (unpaired) electrons. The lowest BCUT2D eigenvalue weighted by Crippen LogP contribution is -2.58. The van der Waals surface area contributed by atoms with E-state index in [0.29, 0.717) is 23.4 Å². The molecule has 1 N–H and O–H groups in total. The number of nitrogens with zero attached hydrogens (tertiary/aromatic N) is 2. The summed E-state index contributed by atoms with van der Waals surface area (Å²) in [6, 6.07) is 12.6. The van der Waals surface area contributed by atoms with Gasteiger partial charge in [0, 0.05) is 25.3 Å². The van der Waals surface area contributed by atoms with Gasteiger partial charge in [0.2, 0.25) is 15.9 Å². The molecule has 32 heavy (non-hydrogen) atoms. The molecule has 0 saturated heterocycles. The van der Waals surface area contributed by atoms with Gasteiger partial charge in [-0.2, -0.15) is 8.70 Å². The largest absolute Gasteiger partial charge is 0.476 e. The van der Waals surface area contributed by atoms with Crippen LogP contribution in [-0.4, -0.2) is 49.2 Å². The number of anilines is 2. The maximum absolute atomic E-state index is 13.7. The lowest BCUT2D eigenvalue weighted by atomic mass is 9.76. The third kappa shape index (κ3) is 3.76. The van der Waals surface area contributed by atoms with Crippen LogP contribution in [0, 0.1) is 0 Å². The Morgan fingerprint density at radius 2 is 1.94 bits per heavy atom. The van der Waals surface area contributed by atoms with Crippen LogP contribution in [-0.2, 0) is 14.8 Å². The fraction of sp³-hybridized carbons (Fsp3) is 0.318. The van der Waals surface area contributed by atoms with Crippen LogP contribution >= 0.6 is 11.8 Å². The number of hydrogen-bond acceptors (Lipinski definition) is 6. The molecule has 1 saturated carbocycles. The van der Waals surface area contributed by atoms with Crippen LogP contribution in [0.2, 0.25) is 0 Å². The van der Waals surface area contributed by atoms with Crippen LogP contribution in [0.4, 0.5) is 15.8 Å². The summed E-state index contributed by atoms with van der Waals surface area (Å²) in [5.74, 6) is -3.17. The third-order valence-electron chi connectivity index (χ3n) is 6.14. The lowest BCUT2D eigenvalue weighted by Gasteiger charge is -2.48. The minimum absolute atomic E-state index is 0.0320. The van der Waals surface area contributed by atoms with Crippen LogP contribution in [0.5, 0.6) is 5.75 Å². The van der Waals surface area contributed by atoms with Gasteiger partial charge in [-0.1, -0.05) is 18.2 Å². The molecule has 0 amide bonds. The highest BCUT2D eigenvalue weighted by Crippen LogP contribution is 2.49. The van der Waals surface area contributed by atoms with E-state index >= 15 is 0 Å². The van der Waals surface area contributed by atoms with Crippen LogP contribution in [0.15, 0.2) is 64.3 Å². The zero-order chi connectivity index (χ0) is 23.1. The summed E-state index contributed by atoms with van der Waals surface area (Å²) < 4.78 is 47.5. The second kappa shape index (κ2) is 8.42. The van der Waals surface area contributed by atoms with E-state index in [2.05, 4.69) is 0 Å². The molecule has 0 unspecified atom stereocenters. The first-order chi connectivity index (χ1) is 15.2. The predicted octanol–water partition coefficient (Wildman–Crippen LogP) is 4.38. The summed E-state index contributed by atoms with van der Waals surface area (Å²) in [4.78, 5) is 13.4. The van der Waals surface area contributed by atoms with Gasteiger partial charge in [-0.15, -0.1) is 11.8 Å². The third-order valence-corrected chi connectivity index (χ3v) is 8.89. The summed E-state index contributed by atoms with van der Waals surface area (Å²) >= 11 is 1.29. The Bertz CT molecular complexity index is 1180. The zero-order valence-electron chi connectivity index (χ0n) is 17.6. The molecule has 0 aromatic heterocycles. The van der Waals surface area contributed by atoms with Crippen molar-refractivity contribution in [1.29, 1.82) is 0 Å². The van der Waals surface area contributed by atoms with Crippen molar-refractivity contribution in [1.82, 2.24) is 4.31 Å². The average Bonchev–Trinajstić information content (AvgIpc) is 2.83. The zero-order valence-corrected chi connectivity index (χ0v) is 19.2. The molecule has 0 atom stereocenters. The van der Waals surface area contributed by atoms with Gasteiger partial charge in [0.15, 0.2) is 0 Å². The molecule has 10 heteroatoms. The van der Waals surface area contributed by atoms with E-state index in [1.165, 1.54) is 22.1 Å². The maximum Gasteiger partial charge on any atom is 0.368 e. The summed E-state index contributed by atoms with van der Waals surface area (Å²) in [5.41, 5.74) is 0.845. The van der Waals surface area contributed by atoms with Gasteiger partial charge in [-0.3, -0.25) is 0 Å². The molecule has 2 aromatic carbocycles. The molecule has 0 bridgehead atoms. The van der Waals surface area contributed by atoms with Crippen LogP contribution in [0.1, 0.15) is 19.3 Å².